The number of amides is 1. The number of carbonyl (C=O) groups excluding carboxylic acids is 2. The molecule has 0 bridgehead atoms. The van der Waals surface area contributed by atoms with Gasteiger partial charge >= 0.3 is 5.97 Å². The van der Waals surface area contributed by atoms with Gasteiger partial charge in [-0.05, 0) is 25.8 Å². The summed E-state index contributed by atoms with van der Waals surface area (Å²) in [7, 11) is 3.67. The lowest BCUT2D eigenvalue weighted by atomic mass is 10.1. The van der Waals surface area contributed by atoms with E-state index in [1.165, 1.54) is 17.7 Å². The van der Waals surface area contributed by atoms with Gasteiger partial charge < -0.3 is 14.5 Å². The fraction of sp³-hybridized carbons (Fsp3) is 0.500. The van der Waals surface area contributed by atoms with Crippen molar-refractivity contribution in [1.29, 1.82) is 0 Å². The Morgan fingerprint density at radius 3 is 2.88 bits per heavy atom. The summed E-state index contributed by atoms with van der Waals surface area (Å²) in [5.74, 6) is 0.420. The van der Waals surface area contributed by atoms with Gasteiger partial charge in [0.2, 0.25) is 5.91 Å². The number of anilines is 1. The number of hydrogen-bond donors (Lipinski definition) is 0. The standard InChI is InChI=1S/C16H20N4O3S/c1-5-23-16(22)12-9(2)11-13(17-8-18-14(11)24-12)20(4)10-6-7-19(3)15(10)21/h8,10H,5-7H2,1-4H3/t10-/m1/s1. The van der Waals surface area contributed by atoms with Crippen LogP contribution in [-0.2, 0) is 9.53 Å². The zero-order valence-corrected chi connectivity index (χ0v) is 15.0. The molecule has 1 saturated heterocycles. The van der Waals surface area contributed by atoms with E-state index in [9.17, 15) is 9.59 Å². The van der Waals surface area contributed by atoms with Crippen molar-refractivity contribution in [3.8, 4) is 0 Å². The number of likely N-dealkylation sites (tertiary alicyclic amines) is 1. The Morgan fingerprint density at radius 2 is 2.25 bits per heavy atom. The first-order valence-electron chi connectivity index (χ1n) is 7.84. The Kier molecular flexibility index (Phi) is 4.40. The summed E-state index contributed by atoms with van der Waals surface area (Å²) in [6.07, 6.45) is 2.23. The second-order valence-electron chi connectivity index (χ2n) is 5.83. The minimum atomic E-state index is -0.344. The number of ether oxygens (including phenoxy) is 1. The molecule has 3 rings (SSSR count). The molecule has 7 nitrogen and oxygen atoms in total. The Bertz CT molecular complexity index is 804. The van der Waals surface area contributed by atoms with E-state index in [4.69, 9.17) is 4.74 Å². The Labute approximate surface area is 144 Å². The molecule has 1 amide bonds. The Balaban J connectivity index is 2.06. The quantitative estimate of drug-likeness (QED) is 0.785. The molecule has 128 valence electrons. The molecular formula is C16H20N4O3S. The molecule has 3 heterocycles. The average molecular weight is 348 g/mol. The van der Waals surface area contributed by atoms with Gasteiger partial charge in [0.25, 0.3) is 0 Å². The second-order valence-corrected chi connectivity index (χ2v) is 6.83. The molecule has 1 aliphatic heterocycles. The lowest BCUT2D eigenvalue weighted by Gasteiger charge is -2.24. The predicted octanol–water partition coefficient (Wildman–Crippen LogP) is 1.84. The first-order chi connectivity index (χ1) is 11.5. The smallest absolute Gasteiger partial charge is 0.348 e. The average Bonchev–Trinajstić information content (AvgIpc) is 3.08. The third-order valence-corrected chi connectivity index (χ3v) is 5.55. The minimum absolute atomic E-state index is 0.0859. The summed E-state index contributed by atoms with van der Waals surface area (Å²) in [4.78, 5) is 38.0. The lowest BCUT2D eigenvalue weighted by molar-refractivity contribution is -0.127. The number of fused-ring (bicyclic) bond motifs is 1. The second kappa shape index (κ2) is 6.35. The van der Waals surface area contributed by atoms with E-state index in [2.05, 4.69) is 9.97 Å². The lowest BCUT2D eigenvalue weighted by Crippen LogP contribution is -2.39. The number of thiophene rings is 1. The highest BCUT2D eigenvalue weighted by molar-refractivity contribution is 7.20. The highest BCUT2D eigenvalue weighted by atomic mass is 32.1. The van der Waals surface area contributed by atoms with Gasteiger partial charge in [0.05, 0.1) is 12.0 Å². The molecule has 0 spiro atoms. The molecule has 0 aromatic carbocycles. The van der Waals surface area contributed by atoms with E-state index in [1.807, 2.05) is 18.9 Å². The number of nitrogens with zero attached hydrogens (tertiary/aromatic N) is 4. The van der Waals surface area contributed by atoms with E-state index in [1.54, 1.807) is 18.9 Å². The van der Waals surface area contributed by atoms with Crippen molar-refractivity contribution in [1.82, 2.24) is 14.9 Å². The highest BCUT2D eigenvalue weighted by Gasteiger charge is 2.34. The van der Waals surface area contributed by atoms with Crippen LogP contribution in [0.25, 0.3) is 10.2 Å². The van der Waals surface area contributed by atoms with Gasteiger partial charge in [0.1, 0.15) is 27.9 Å². The molecule has 2 aromatic heterocycles. The van der Waals surface area contributed by atoms with E-state index in [0.717, 1.165) is 28.7 Å². The number of likely N-dealkylation sites (N-methyl/N-ethyl adjacent to an activating group) is 2. The van der Waals surface area contributed by atoms with Crippen molar-refractivity contribution in [2.45, 2.75) is 26.3 Å². The maximum Gasteiger partial charge on any atom is 0.348 e. The first-order valence-corrected chi connectivity index (χ1v) is 8.66. The van der Waals surface area contributed by atoms with E-state index < -0.39 is 0 Å². The summed E-state index contributed by atoms with van der Waals surface area (Å²) >= 11 is 1.30. The zero-order valence-electron chi connectivity index (χ0n) is 14.2. The van der Waals surface area contributed by atoms with Crippen LogP contribution >= 0.6 is 11.3 Å². The number of esters is 1. The third-order valence-electron chi connectivity index (χ3n) is 4.37. The minimum Gasteiger partial charge on any atom is -0.462 e. The normalized spacial score (nSPS) is 17.6. The monoisotopic (exact) mass is 348 g/mol. The Hall–Kier alpha value is -2.22. The predicted molar refractivity (Wildman–Crippen MR) is 92.6 cm³/mol. The summed E-state index contributed by atoms with van der Waals surface area (Å²) in [5.41, 5.74) is 0.801. The molecule has 8 heteroatoms. The molecule has 24 heavy (non-hydrogen) atoms. The van der Waals surface area contributed by atoms with Crippen LogP contribution in [0, 0.1) is 6.92 Å². The number of carbonyl (C=O) groups is 2. The van der Waals surface area contributed by atoms with Crippen molar-refractivity contribution in [3.05, 3.63) is 16.8 Å². The van der Waals surface area contributed by atoms with Gasteiger partial charge in [-0.3, -0.25) is 4.79 Å². The van der Waals surface area contributed by atoms with Crippen molar-refractivity contribution in [2.75, 3.05) is 32.1 Å². The molecular weight excluding hydrogens is 328 g/mol. The maximum absolute atomic E-state index is 12.3. The number of aromatic nitrogens is 2. The summed E-state index contributed by atoms with van der Waals surface area (Å²) in [6, 6.07) is -0.238. The third kappa shape index (κ3) is 2.60. The van der Waals surface area contributed by atoms with Gasteiger partial charge in [0, 0.05) is 20.6 Å². The van der Waals surface area contributed by atoms with Crippen molar-refractivity contribution < 1.29 is 14.3 Å². The molecule has 0 radical (unpaired) electrons. The fourth-order valence-corrected chi connectivity index (χ4v) is 4.06. The highest BCUT2D eigenvalue weighted by Crippen LogP contribution is 2.36. The van der Waals surface area contributed by atoms with E-state index in [-0.39, 0.29) is 17.9 Å². The van der Waals surface area contributed by atoms with E-state index >= 15 is 0 Å². The van der Waals surface area contributed by atoms with Gasteiger partial charge in [-0.15, -0.1) is 11.3 Å². The summed E-state index contributed by atoms with van der Waals surface area (Å²) < 4.78 is 5.12. The van der Waals surface area contributed by atoms with Crippen LogP contribution in [0.1, 0.15) is 28.6 Å². The van der Waals surface area contributed by atoms with Crippen molar-refractivity contribution in [3.63, 3.8) is 0 Å². The van der Waals surface area contributed by atoms with Gasteiger partial charge in [0.15, 0.2) is 0 Å². The SMILES string of the molecule is CCOC(=O)c1sc2ncnc(N(C)[C@@H]3CCN(C)C3=O)c2c1C. The Morgan fingerprint density at radius 1 is 1.50 bits per heavy atom. The van der Waals surface area contributed by atoms with Crippen LogP contribution in [0.15, 0.2) is 6.33 Å². The van der Waals surface area contributed by atoms with Crippen molar-refractivity contribution >= 4 is 39.2 Å². The fourth-order valence-electron chi connectivity index (χ4n) is 3.02. The van der Waals surface area contributed by atoms with Crippen molar-refractivity contribution in [2.24, 2.45) is 0 Å². The van der Waals surface area contributed by atoms with Crippen LogP contribution in [-0.4, -0.2) is 60.0 Å². The van der Waals surface area contributed by atoms with Gasteiger partial charge in [-0.2, -0.15) is 0 Å². The van der Waals surface area contributed by atoms with Crippen LogP contribution in [0.3, 0.4) is 0 Å². The first kappa shape index (κ1) is 16.6. The number of hydrogen-bond acceptors (Lipinski definition) is 7. The summed E-state index contributed by atoms with van der Waals surface area (Å²) in [5, 5.41) is 0.815. The molecule has 1 aliphatic rings. The molecule has 1 fully saturated rings. The maximum atomic E-state index is 12.3. The molecule has 0 saturated carbocycles. The molecule has 0 aliphatic carbocycles. The van der Waals surface area contributed by atoms with Gasteiger partial charge in [-0.1, -0.05) is 0 Å². The van der Waals surface area contributed by atoms with Crippen LogP contribution in [0.5, 0.6) is 0 Å². The summed E-state index contributed by atoms with van der Waals surface area (Å²) in [6.45, 7) is 4.71. The molecule has 0 unspecified atom stereocenters. The zero-order chi connectivity index (χ0) is 17.4. The van der Waals surface area contributed by atoms with Crippen LogP contribution < -0.4 is 4.90 Å². The van der Waals surface area contributed by atoms with Crippen LogP contribution in [0.2, 0.25) is 0 Å². The number of aryl methyl sites for hydroxylation is 1. The largest absolute Gasteiger partial charge is 0.462 e. The molecule has 2 aromatic rings. The number of rotatable bonds is 4. The van der Waals surface area contributed by atoms with Gasteiger partial charge in [-0.25, -0.2) is 14.8 Å². The van der Waals surface area contributed by atoms with Crippen LogP contribution in [0.4, 0.5) is 5.82 Å². The topological polar surface area (TPSA) is 75.6 Å². The molecule has 0 N–H and O–H groups in total. The van der Waals surface area contributed by atoms with E-state index in [0.29, 0.717) is 17.3 Å². The molecule has 1 atom stereocenters.